The Morgan fingerprint density at radius 1 is 1.11 bits per heavy atom. The molecule has 0 saturated heterocycles. The van der Waals surface area contributed by atoms with E-state index in [1.807, 2.05) is 6.07 Å². The lowest BCUT2D eigenvalue weighted by Crippen LogP contribution is -2.34. The van der Waals surface area contributed by atoms with Crippen molar-refractivity contribution in [2.75, 3.05) is 18.2 Å². The van der Waals surface area contributed by atoms with Gasteiger partial charge in [0.25, 0.3) is 11.8 Å². The highest BCUT2D eigenvalue weighted by atomic mass is 16.5. The lowest BCUT2D eigenvalue weighted by atomic mass is 9.84. The number of imidazole rings is 1. The number of anilines is 2. The minimum atomic E-state index is -1.61. The molecule has 0 bridgehead atoms. The predicted octanol–water partition coefficient (Wildman–Crippen LogP) is 3.13. The number of H-pyrrole nitrogens is 1. The van der Waals surface area contributed by atoms with E-state index in [0.717, 1.165) is 0 Å². The summed E-state index contributed by atoms with van der Waals surface area (Å²) >= 11 is 0. The average Bonchev–Trinajstić information content (AvgIpc) is 3.44. The summed E-state index contributed by atoms with van der Waals surface area (Å²) in [7, 11) is 1.51. The van der Waals surface area contributed by atoms with E-state index in [4.69, 9.17) is 20.6 Å². The number of benzene rings is 3. The van der Waals surface area contributed by atoms with Crippen LogP contribution in [-0.4, -0.2) is 40.1 Å². The average molecular weight is 486 g/mol. The van der Waals surface area contributed by atoms with Crippen molar-refractivity contribution in [3.8, 4) is 5.75 Å². The first kappa shape index (κ1) is 22.9. The van der Waals surface area contributed by atoms with Gasteiger partial charge in [0, 0.05) is 22.6 Å². The predicted molar refractivity (Wildman–Crippen MR) is 135 cm³/mol. The maximum Gasteiger partial charge on any atom is 0.284 e. The zero-order valence-electron chi connectivity index (χ0n) is 19.2. The summed E-state index contributed by atoms with van der Waals surface area (Å²) in [6.45, 7) is 0. The topological polar surface area (TPSA) is 169 Å². The number of aromatic nitrogens is 2. The molecule has 0 fully saturated rings. The van der Waals surface area contributed by atoms with E-state index >= 15 is 0 Å². The van der Waals surface area contributed by atoms with Crippen LogP contribution in [0, 0.1) is 0 Å². The van der Waals surface area contributed by atoms with Gasteiger partial charge < -0.3 is 36.0 Å². The fraction of sp³-hybridized carbons (Fsp3) is 0.115. The van der Waals surface area contributed by atoms with Crippen LogP contribution in [0.25, 0.3) is 22.0 Å². The minimum Gasteiger partial charge on any atom is -0.497 e. The molecular formula is C26H23N5O5. The van der Waals surface area contributed by atoms with Crippen molar-refractivity contribution in [3.63, 3.8) is 0 Å². The van der Waals surface area contributed by atoms with Crippen molar-refractivity contribution in [2.24, 2.45) is 5.73 Å². The van der Waals surface area contributed by atoms with Gasteiger partial charge in [0.2, 0.25) is 0 Å². The first-order chi connectivity index (χ1) is 17.4. The molecule has 5 rings (SSSR count). The molecule has 2 atom stereocenters. The SMILES string of the molecule is COc1ccc2oc(C(N)=O)c(C(c3ccccc3)C(O)C(=O)Nc3ccc4nc(N)[nH]c4c3)c2c1. The number of fused-ring (bicyclic) bond motifs is 2. The summed E-state index contributed by atoms with van der Waals surface area (Å²) in [5.74, 6) is -1.88. The molecule has 2 amide bonds. The second kappa shape index (κ2) is 9.08. The number of carbonyl (C=O) groups excluding carboxylic acids is 2. The molecule has 0 aliphatic rings. The number of methoxy groups -OCH3 is 1. The molecule has 182 valence electrons. The molecule has 2 unspecified atom stereocenters. The van der Waals surface area contributed by atoms with Gasteiger partial charge in [-0.3, -0.25) is 9.59 Å². The number of ether oxygens (including phenoxy) is 1. The highest BCUT2D eigenvalue weighted by Crippen LogP contribution is 2.39. The maximum absolute atomic E-state index is 13.3. The molecule has 0 aliphatic heterocycles. The summed E-state index contributed by atoms with van der Waals surface area (Å²) < 4.78 is 11.1. The number of amides is 2. The molecule has 0 saturated carbocycles. The number of nitrogens with two attached hydrogens (primary N) is 2. The molecule has 3 aromatic carbocycles. The van der Waals surface area contributed by atoms with E-state index in [1.165, 1.54) is 7.11 Å². The third kappa shape index (κ3) is 4.10. The Kier molecular flexibility index (Phi) is 5.79. The number of nitrogens with one attached hydrogen (secondary N) is 2. The Bertz CT molecular complexity index is 1590. The van der Waals surface area contributed by atoms with Crippen molar-refractivity contribution < 1.29 is 23.8 Å². The first-order valence-electron chi connectivity index (χ1n) is 11.0. The van der Waals surface area contributed by atoms with Crippen LogP contribution in [0.4, 0.5) is 11.6 Å². The normalized spacial score (nSPS) is 12.9. The number of primary amides is 1. The number of aromatic amines is 1. The number of rotatable bonds is 7. The molecule has 0 aliphatic carbocycles. The largest absolute Gasteiger partial charge is 0.497 e. The number of nitrogens with zero attached hydrogens (tertiary/aromatic N) is 1. The van der Waals surface area contributed by atoms with Crippen molar-refractivity contribution in [1.29, 1.82) is 0 Å². The van der Waals surface area contributed by atoms with Crippen LogP contribution in [0.5, 0.6) is 5.75 Å². The van der Waals surface area contributed by atoms with Crippen molar-refractivity contribution in [2.45, 2.75) is 12.0 Å². The Morgan fingerprint density at radius 3 is 2.61 bits per heavy atom. The van der Waals surface area contributed by atoms with Gasteiger partial charge in [-0.2, -0.15) is 0 Å². The molecule has 0 radical (unpaired) electrons. The second-order valence-corrected chi connectivity index (χ2v) is 8.25. The third-order valence-electron chi connectivity index (χ3n) is 5.98. The molecule has 36 heavy (non-hydrogen) atoms. The highest BCUT2D eigenvalue weighted by Gasteiger charge is 2.35. The molecule has 2 heterocycles. The van der Waals surface area contributed by atoms with Gasteiger partial charge in [-0.15, -0.1) is 0 Å². The maximum atomic E-state index is 13.3. The quantitative estimate of drug-likeness (QED) is 0.236. The Hall–Kier alpha value is -4.83. The molecule has 0 spiro atoms. The van der Waals surface area contributed by atoms with E-state index in [1.54, 1.807) is 60.7 Å². The lowest BCUT2D eigenvalue weighted by Gasteiger charge is -2.23. The van der Waals surface area contributed by atoms with Crippen molar-refractivity contribution in [1.82, 2.24) is 9.97 Å². The number of furan rings is 1. The van der Waals surface area contributed by atoms with Crippen LogP contribution in [0.15, 0.2) is 71.1 Å². The Morgan fingerprint density at radius 2 is 1.89 bits per heavy atom. The van der Waals surface area contributed by atoms with Gasteiger partial charge in [-0.25, -0.2) is 4.98 Å². The fourth-order valence-electron chi connectivity index (χ4n) is 4.36. The summed E-state index contributed by atoms with van der Waals surface area (Å²) in [5, 5.41) is 14.6. The van der Waals surface area contributed by atoms with E-state index in [-0.39, 0.29) is 11.7 Å². The van der Waals surface area contributed by atoms with E-state index in [2.05, 4.69) is 15.3 Å². The number of carbonyl (C=O) groups is 2. The van der Waals surface area contributed by atoms with Crippen LogP contribution >= 0.6 is 0 Å². The number of hydrogen-bond donors (Lipinski definition) is 5. The van der Waals surface area contributed by atoms with Gasteiger partial charge in [0.1, 0.15) is 17.4 Å². The van der Waals surface area contributed by atoms with Crippen molar-refractivity contribution >= 4 is 45.5 Å². The van der Waals surface area contributed by atoms with Gasteiger partial charge in [-0.05, 0) is 42.0 Å². The van der Waals surface area contributed by atoms with Crippen LogP contribution in [0.3, 0.4) is 0 Å². The minimum absolute atomic E-state index is 0.145. The van der Waals surface area contributed by atoms with Crippen LogP contribution in [-0.2, 0) is 4.79 Å². The second-order valence-electron chi connectivity index (χ2n) is 8.25. The number of aliphatic hydroxyl groups is 1. The number of aliphatic hydroxyl groups excluding tert-OH is 1. The molecule has 10 nitrogen and oxygen atoms in total. The monoisotopic (exact) mass is 485 g/mol. The smallest absolute Gasteiger partial charge is 0.284 e. The van der Waals surface area contributed by atoms with Crippen LogP contribution < -0.4 is 21.5 Å². The number of hydrogen-bond acceptors (Lipinski definition) is 7. The summed E-state index contributed by atoms with van der Waals surface area (Å²) in [6, 6.07) is 18.9. The molecule has 5 aromatic rings. The van der Waals surface area contributed by atoms with Gasteiger partial charge in [0.15, 0.2) is 11.7 Å². The fourth-order valence-corrected chi connectivity index (χ4v) is 4.36. The molecule has 2 aromatic heterocycles. The van der Waals surface area contributed by atoms with E-state index < -0.39 is 23.8 Å². The van der Waals surface area contributed by atoms with Crippen LogP contribution in [0.1, 0.15) is 27.6 Å². The Balaban J connectivity index is 1.60. The van der Waals surface area contributed by atoms with Gasteiger partial charge in [-0.1, -0.05) is 30.3 Å². The van der Waals surface area contributed by atoms with E-state index in [9.17, 15) is 14.7 Å². The molecule has 7 N–H and O–H groups in total. The van der Waals surface area contributed by atoms with Gasteiger partial charge in [0.05, 0.1) is 18.1 Å². The zero-order valence-corrected chi connectivity index (χ0v) is 19.2. The lowest BCUT2D eigenvalue weighted by molar-refractivity contribution is -0.124. The number of nitrogen functional groups attached to an aromatic ring is 1. The highest BCUT2D eigenvalue weighted by molar-refractivity contribution is 6.01. The third-order valence-corrected chi connectivity index (χ3v) is 5.98. The standard InChI is InChI=1S/C26H23N5O5/c1-35-15-8-10-19-16(12-15)21(23(36-19)24(27)33)20(13-5-3-2-4-6-13)22(32)25(34)29-14-7-9-17-18(11-14)31-26(28)30-17/h2-12,20,22,32H,1H3,(H2,27,33)(H,29,34)(H3,28,30,31). The molecular weight excluding hydrogens is 462 g/mol. The zero-order chi connectivity index (χ0) is 25.4. The Labute approximate surface area is 204 Å². The molecule has 10 heteroatoms. The summed E-state index contributed by atoms with van der Waals surface area (Å²) in [5.41, 5.74) is 14.3. The van der Waals surface area contributed by atoms with Crippen LogP contribution in [0.2, 0.25) is 0 Å². The van der Waals surface area contributed by atoms with Crippen molar-refractivity contribution in [3.05, 3.63) is 83.6 Å². The van der Waals surface area contributed by atoms with Gasteiger partial charge >= 0.3 is 0 Å². The summed E-state index contributed by atoms with van der Waals surface area (Å²) in [6.07, 6.45) is -1.61. The van der Waals surface area contributed by atoms with E-state index in [0.29, 0.717) is 44.6 Å². The summed E-state index contributed by atoms with van der Waals surface area (Å²) in [4.78, 5) is 32.7. The first-order valence-corrected chi connectivity index (χ1v) is 11.0.